The van der Waals surface area contributed by atoms with E-state index in [2.05, 4.69) is 10.1 Å². The van der Waals surface area contributed by atoms with Crippen molar-refractivity contribution in [3.63, 3.8) is 0 Å². The molecule has 0 unspecified atom stereocenters. The number of thioether (sulfide) groups is 1. The number of rotatable bonds is 6. The second-order valence-electron chi connectivity index (χ2n) is 6.45. The van der Waals surface area contributed by atoms with E-state index in [4.69, 9.17) is 0 Å². The van der Waals surface area contributed by atoms with Gasteiger partial charge in [0.2, 0.25) is 5.91 Å². The van der Waals surface area contributed by atoms with Crippen LogP contribution < -0.4 is 0 Å². The van der Waals surface area contributed by atoms with Crippen molar-refractivity contribution >= 4 is 27.5 Å². The maximum atomic E-state index is 12.5. The fourth-order valence-corrected chi connectivity index (χ4v) is 6.44. The second-order valence-corrected chi connectivity index (χ2v) is 9.97. The zero-order valence-corrected chi connectivity index (χ0v) is 16.4. The zero-order valence-electron chi connectivity index (χ0n) is 14.8. The van der Waals surface area contributed by atoms with Crippen LogP contribution in [0.3, 0.4) is 0 Å². The molecule has 2 aromatic rings. The van der Waals surface area contributed by atoms with Gasteiger partial charge in [0.1, 0.15) is 12.7 Å². The van der Waals surface area contributed by atoms with Crippen molar-refractivity contribution < 1.29 is 13.2 Å². The lowest BCUT2D eigenvalue weighted by Gasteiger charge is -2.26. The molecule has 1 fully saturated rings. The van der Waals surface area contributed by atoms with E-state index in [0.717, 1.165) is 11.3 Å². The van der Waals surface area contributed by atoms with Crippen LogP contribution >= 0.6 is 11.8 Å². The molecule has 1 aliphatic rings. The van der Waals surface area contributed by atoms with Gasteiger partial charge in [-0.05, 0) is 31.0 Å². The van der Waals surface area contributed by atoms with Crippen LogP contribution in [0.25, 0.3) is 5.69 Å². The van der Waals surface area contributed by atoms with Gasteiger partial charge in [-0.3, -0.25) is 4.79 Å². The summed E-state index contributed by atoms with van der Waals surface area (Å²) >= 11 is 1.45. The van der Waals surface area contributed by atoms with Crippen LogP contribution in [0, 0.1) is 0 Å². The molecule has 0 radical (unpaired) electrons. The van der Waals surface area contributed by atoms with E-state index < -0.39 is 9.84 Å². The van der Waals surface area contributed by atoms with Crippen molar-refractivity contribution in [2.45, 2.75) is 24.6 Å². The second kappa shape index (κ2) is 7.79. The van der Waals surface area contributed by atoms with Gasteiger partial charge in [0.25, 0.3) is 0 Å². The Balaban J connectivity index is 1.56. The third-order valence-corrected chi connectivity index (χ3v) is 7.93. The highest BCUT2D eigenvalue weighted by molar-refractivity contribution is 8.02. The summed E-state index contributed by atoms with van der Waals surface area (Å²) in [5, 5.41) is 4.13. The molecule has 2 heterocycles. The molecule has 0 N–H and O–H groups in total. The Bertz CT molecular complexity index is 851. The van der Waals surface area contributed by atoms with Gasteiger partial charge >= 0.3 is 0 Å². The molecule has 2 atom stereocenters. The summed E-state index contributed by atoms with van der Waals surface area (Å²) in [6.45, 7) is 1.98. The van der Waals surface area contributed by atoms with Crippen molar-refractivity contribution in [3.8, 4) is 5.69 Å². The molecule has 7 nitrogen and oxygen atoms in total. The molecule has 3 rings (SSSR count). The SMILES string of the molecule is C[C@@H](c1ccc(-n2cncn2)cc1)N(C)C(=O)CS[C@@H]1CCS(=O)(=O)C1. The molecule has 0 bridgehead atoms. The summed E-state index contributed by atoms with van der Waals surface area (Å²) < 4.78 is 24.7. The van der Waals surface area contributed by atoms with Gasteiger partial charge in [0, 0.05) is 12.3 Å². The van der Waals surface area contributed by atoms with E-state index >= 15 is 0 Å². The van der Waals surface area contributed by atoms with E-state index in [1.54, 1.807) is 23.0 Å². The number of nitrogens with zero attached hydrogens (tertiary/aromatic N) is 4. The minimum Gasteiger partial charge on any atom is -0.338 e. The van der Waals surface area contributed by atoms with Gasteiger partial charge in [0.15, 0.2) is 9.84 Å². The standard InChI is InChI=1S/C17H22N4O3S2/c1-13(14-3-5-15(6-4-14)21-12-18-11-19-21)20(2)17(22)9-25-16-7-8-26(23,24)10-16/h3-6,11-13,16H,7-10H2,1-2H3/t13-,16+/m0/s1. The van der Waals surface area contributed by atoms with Gasteiger partial charge in [-0.2, -0.15) is 5.10 Å². The molecule has 0 aliphatic carbocycles. The molecule has 0 saturated carbocycles. The van der Waals surface area contributed by atoms with E-state index in [1.807, 2.05) is 31.2 Å². The monoisotopic (exact) mass is 394 g/mol. The van der Waals surface area contributed by atoms with E-state index in [-0.39, 0.29) is 28.7 Å². The summed E-state index contributed by atoms with van der Waals surface area (Å²) in [5.41, 5.74) is 1.93. The van der Waals surface area contributed by atoms with Crippen molar-refractivity contribution in [1.29, 1.82) is 0 Å². The van der Waals surface area contributed by atoms with Gasteiger partial charge < -0.3 is 4.90 Å². The summed E-state index contributed by atoms with van der Waals surface area (Å²) in [5.74, 6) is 0.738. The fourth-order valence-electron chi connectivity index (χ4n) is 2.87. The predicted octanol–water partition coefficient (Wildman–Crippen LogP) is 1.71. The molecule has 0 spiro atoms. The Hall–Kier alpha value is -1.87. The van der Waals surface area contributed by atoms with Crippen molar-refractivity contribution in [2.24, 2.45) is 0 Å². The fraction of sp³-hybridized carbons (Fsp3) is 0.471. The number of hydrogen-bond acceptors (Lipinski definition) is 6. The predicted molar refractivity (Wildman–Crippen MR) is 102 cm³/mol. The van der Waals surface area contributed by atoms with E-state index in [1.165, 1.54) is 18.1 Å². The van der Waals surface area contributed by atoms with Crippen LogP contribution in [0.4, 0.5) is 0 Å². The number of carbonyl (C=O) groups is 1. The van der Waals surface area contributed by atoms with Crippen LogP contribution in [0.15, 0.2) is 36.9 Å². The first-order valence-electron chi connectivity index (χ1n) is 8.38. The van der Waals surface area contributed by atoms with Gasteiger partial charge in [-0.15, -0.1) is 11.8 Å². The zero-order chi connectivity index (χ0) is 18.7. The third kappa shape index (κ3) is 4.45. The summed E-state index contributed by atoms with van der Waals surface area (Å²) in [6.07, 6.45) is 3.76. The van der Waals surface area contributed by atoms with E-state index in [0.29, 0.717) is 12.2 Å². The lowest BCUT2D eigenvalue weighted by molar-refractivity contribution is -0.128. The summed E-state index contributed by atoms with van der Waals surface area (Å²) in [4.78, 5) is 18.1. The van der Waals surface area contributed by atoms with Crippen LogP contribution in [0.2, 0.25) is 0 Å². The molecular weight excluding hydrogens is 372 g/mol. The smallest absolute Gasteiger partial charge is 0.232 e. The highest BCUT2D eigenvalue weighted by Gasteiger charge is 2.29. The van der Waals surface area contributed by atoms with E-state index in [9.17, 15) is 13.2 Å². The number of aromatic nitrogens is 3. The Morgan fingerprint density at radius 3 is 2.69 bits per heavy atom. The molecule has 1 amide bonds. The normalized spacial score (nSPS) is 20.0. The maximum Gasteiger partial charge on any atom is 0.232 e. The van der Waals surface area contributed by atoms with Gasteiger partial charge in [0.05, 0.1) is 29.0 Å². The maximum absolute atomic E-state index is 12.5. The highest BCUT2D eigenvalue weighted by atomic mass is 32.2. The average molecular weight is 395 g/mol. The molecule has 9 heteroatoms. The number of sulfone groups is 1. The number of hydrogen-bond donors (Lipinski definition) is 0. The van der Waals surface area contributed by atoms with Crippen LogP contribution in [-0.2, 0) is 14.6 Å². The Morgan fingerprint density at radius 2 is 2.12 bits per heavy atom. The first-order valence-corrected chi connectivity index (χ1v) is 11.3. The average Bonchev–Trinajstić information content (AvgIpc) is 3.28. The van der Waals surface area contributed by atoms with Crippen molar-refractivity contribution in [2.75, 3.05) is 24.3 Å². The number of carbonyl (C=O) groups excluding carboxylic acids is 1. The largest absolute Gasteiger partial charge is 0.338 e. The minimum absolute atomic E-state index is 0.00662. The Labute approximate surface area is 157 Å². The first kappa shape index (κ1) is 18.9. The molecule has 1 saturated heterocycles. The first-order chi connectivity index (χ1) is 12.4. The molecule has 26 heavy (non-hydrogen) atoms. The quantitative estimate of drug-likeness (QED) is 0.741. The molecule has 140 valence electrons. The van der Waals surface area contributed by atoms with Crippen LogP contribution in [-0.4, -0.2) is 63.5 Å². The lowest BCUT2D eigenvalue weighted by Crippen LogP contribution is -2.31. The molecule has 1 aliphatic heterocycles. The Morgan fingerprint density at radius 1 is 1.38 bits per heavy atom. The van der Waals surface area contributed by atoms with Gasteiger partial charge in [-0.25, -0.2) is 18.1 Å². The van der Waals surface area contributed by atoms with Crippen molar-refractivity contribution in [3.05, 3.63) is 42.5 Å². The third-order valence-electron chi connectivity index (χ3n) is 4.67. The summed E-state index contributed by atoms with van der Waals surface area (Å²) in [7, 11) is -1.12. The topological polar surface area (TPSA) is 85.2 Å². The lowest BCUT2D eigenvalue weighted by atomic mass is 10.1. The Kier molecular flexibility index (Phi) is 5.67. The van der Waals surface area contributed by atoms with Crippen molar-refractivity contribution in [1.82, 2.24) is 19.7 Å². The van der Waals surface area contributed by atoms with Crippen LogP contribution in [0.5, 0.6) is 0 Å². The molecule has 1 aromatic heterocycles. The van der Waals surface area contributed by atoms with Gasteiger partial charge in [-0.1, -0.05) is 12.1 Å². The number of amides is 1. The summed E-state index contributed by atoms with van der Waals surface area (Å²) in [6, 6.07) is 7.76. The van der Waals surface area contributed by atoms with Crippen LogP contribution in [0.1, 0.15) is 24.9 Å². The highest BCUT2D eigenvalue weighted by Crippen LogP contribution is 2.26. The molecular formula is C17H22N4O3S2. The minimum atomic E-state index is -2.90. The molecule has 1 aromatic carbocycles. The number of benzene rings is 1.